The Labute approximate surface area is 476 Å². The summed E-state index contributed by atoms with van der Waals surface area (Å²) in [6, 6.07) is -0.863. The third-order valence-electron chi connectivity index (χ3n) is 14.1. The Bertz CT molecular complexity index is 1550. The molecule has 2 N–H and O–H groups in total. The molecule has 448 valence electrons. The molecule has 0 aliphatic heterocycles. The van der Waals surface area contributed by atoms with Crippen molar-refractivity contribution in [3.63, 3.8) is 0 Å². The molecule has 77 heavy (non-hydrogen) atoms. The van der Waals surface area contributed by atoms with Crippen LogP contribution in [0.3, 0.4) is 0 Å². The highest BCUT2D eigenvalue weighted by atomic mass is 31.2. The van der Waals surface area contributed by atoms with Crippen molar-refractivity contribution in [3.8, 4) is 0 Å². The fraction of sp³-hybridized carbons (Fsp3) is 0.791. The van der Waals surface area contributed by atoms with Crippen molar-refractivity contribution in [2.75, 3.05) is 40.9 Å². The van der Waals surface area contributed by atoms with Gasteiger partial charge in [-0.05, 0) is 102 Å². The molecule has 0 bridgehead atoms. The van der Waals surface area contributed by atoms with Gasteiger partial charge >= 0.3 is 13.8 Å². The average molecular weight is 1100 g/mol. The first-order valence-corrected chi connectivity index (χ1v) is 33.8. The molecule has 0 spiro atoms. The number of quaternary nitrogens is 1. The fourth-order valence-corrected chi connectivity index (χ4v) is 9.83. The molecule has 0 aliphatic rings. The van der Waals surface area contributed by atoms with E-state index in [2.05, 4.69) is 86.8 Å². The van der Waals surface area contributed by atoms with E-state index in [1.807, 2.05) is 33.3 Å². The van der Waals surface area contributed by atoms with Crippen molar-refractivity contribution in [1.82, 2.24) is 5.32 Å². The van der Waals surface area contributed by atoms with Gasteiger partial charge < -0.3 is 19.4 Å². The quantitative estimate of drug-likeness (QED) is 0.0205. The van der Waals surface area contributed by atoms with Crippen molar-refractivity contribution in [2.24, 2.45) is 0 Å². The zero-order valence-electron chi connectivity index (χ0n) is 51.2. The lowest BCUT2D eigenvalue weighted by molar-refractivity contribution is -0.870. The van der Waals surface area contributed by atoms with Crippen LogP contribution < -0.4 is 5.32 Å². The van der Waals surface area contributed by atoms with E-state index in [0.29, 0.717) is 17.4 Å². The molecular formula is C67H124N2O7P+. The number of amides is 1. The summed E-state index contributed by atoms with van der Waals surface area (Å²) in [6.45, 7) is 6.98. The second-order valence-corrected chi connectivity index (χ2v) is 24.4. The Hall–Kier alpha value is -2.55. The van der Waals surface area contributed by atoms with Crippen LogP contribution in [0.2, 0.25) is 0 Å². The van der Waals surface area contributed by atoms with Gasteiger partial charge in [0.05, 0.1) is 33.8 Å². The van der Waals surface area contributed by atoms with Crippen LogP contribution in [0.4, 0.5) is 0 Å². The number of esters is 1. The Morgan fingerprint density at radius 1 is 0.455 bits per heavy atom. The minimum atomic E-state index is -4.46. The molecule has 0 fully saturated rings. The molecule has 1 amide bonds. The monoisotopic (exact) mass is 1100 g/mol. The van der Waals surface area contributed by atoms with Gasteiger partial charge in [-0.3, -0.25) is 18.6 Å². The molecule has 0 saturated heterocycles. The van der Waals surface area contributed by atoms with E-state index in [1.54, 1.807) is 0 Å². The van der Waals surface area contributed by atoms with E-state index in [9.17, 15) is 19.0 Å². The van der Waals surface area contributed by atoms with Gasteiger partial charge in [-0.1, -0.05) is 248 Å². The number of carbonyl (C=O) groups is 2. The number of rotatable bonds is 58. The van der Waals surface area contributed by atoms with E-state index in [0.717, 1.165) is 109 Å². The van der Waals surface area contributed by atoms with Gasteiger partial charge in [0, 0.05) is 12.8 Å². The zero-order chi connectivity index (χ0) is 56.4. The number of allylic oxidation sites excluding steroid dienone is 11. The van der Waals surface area contributed by atoms with Crippen molar-refractivity contribution < 1.29 is 37.3 Å². The van der Waals surface area contributed by atoms with E-state index in [4.69, 9.17) is 13.8 Å². The number of nitrogens with zero attached hydrogens (tertiary/aromatic N) is 1. The highest BCUT2D eigenvalue weighted by molar-refractivity contribution is 7.47. The Kier molecular flexibility index (Phi) is 54.8. The highest BCUT2D eigenvalue weighted by Crippen LogP contribution is 2.43. The number of carbonyl (C=O) groups excluding carboxylic acids is 2. The third kappa shape index (κ3) is 57.9. The van der Waals surface area contributed by atoms with Gasteiger partial charge in [0.25, 0.3) is 0 Å². The topological polar surface area (TPSA) is 111 Å². The first-order valence-electron chi connectivity index (χ1n) is 32.3. The van der Waals surface area contributed by atoms with Gasteiger partial charge in [-0.15, -0.1) is 0 Å². The molecule has 0 radical (unpaired) electrons. The molecule has 3 atom stereocenters. The number of hydrogen-bond acceptors (Lipinski definition) is 6. The van der Waals surface area contributed by atoms with Crippen LogP contribution in [0.25, 0.3) is 0 Å². The number of phosphoric ester groups is 1. The van der Waals surface area contributed by atoms with Crippen LogP contribution >= 0.6 is 7.82 Å². The molecule has 0 aliphatic carbocycles. The van der Waals surface area contributed by atoms with Gasteiger partial charge in [0.2, 0.25) is 5.91 Å². The second kappa shape index (κ2) is 56.7. The molecule has 0 rings (SSSR count). The maximum absolute atomic E-state index is 13.6. The Morgan fingerprint density at radius 3 is 1.22 bits per heavy atom. The van der Waals surface area contributed by atoms with E-state index >= 15 is 0 Å². The van der Waals surface area contributed by atoms with Crippen LogP contribution in [-0.4, -0.2) is 74.3 Å². The lowest BCUT2D eigenvalue weighted by atomic mass is 10.0. The molecule has 0 aromatic carbocycles. The minimum Gasteiger partial charge on any atom is -0.456 e. The van der Waals surface area contributed by atoms with Crippen molar-refractivity contribution in [3.05, 3.63) is 72.9 Å². The molecule has 0 aromatic heterocycles. The standard InChI is InChI=1S/C67H123N2O7P/c1-7-10-13-16-19-22-25-28-30-32-33-34-35-37-38-41-44-47-50-53-56-59-66(70)68-64(63-75-77(72,73)74-62-61-69(4,5)6)65(58-55-52-49-46-43-40-27-24-21-18-15-12-9-3)76-67(71)60-57-54-51-48-45-42-39-36-31-29-26-23-20-17-14-11-8-2/h19,22,28-31,33-34,37-38,55,58,64-65H,7-18,20-21,23-27,32,35-36,39-54,56-57,59-63H2,1-6H3,(H-,68,70,72,73)/p+1/b22-19-,30-28-,31-29+,34-33-,38-37-,58-55-. The van der Waals surface area contributed by atoms with Gasteiger partial charge in [0.15, 0.2) is 0 Å². The first kappa shape index (κ1) is 74.5. The number of likely N-dealkylation sites (N-methyl/N-ethyl adjacent to an activating group) is 1. The summed E-state index contributed by atoms with van der Waals surface area (Å²) in [5.41, 5.74) is 0. The summed E-state index contributed by atoms with van der Waals surface area (Å²) in [7, 11) is 1.48. The first-order chi connectivity index (χ1) is 37.4. The Balaban J connectivity index is 5.30. The number of nitrogens with one attached hydrogen (secondary N) is 1. The van der Waals surface area contributed by atoms with Crippen LogP contribution in [0.5, 0.6) is 0 Å². The molecule has 0 aromatic rings. The number of phosphoric acid groups is 1. The van der Waals surface area contributed by atoms with Crippen LogP contribution in [-0.2, 0) is 27.9 Å². The Morgan fingerprint density at radius 2 is 0.792 bits per heavy atom. The predicted octanol–water partition coefficient (Wildman–Crippen LogP) is 20.0. The largest absolute Gasteiger partial charge is 0.472 e. The number of unbranched alkanes of at least 4 members (excludes halogenated alkanes) is 32. The molecule has 0 saturated carbocycles. The maximum Gasteiger partial charge on any atom is 0.472 e. The van der Waals surface area contributed by atoms with Crippen LogP contribution in [0, 0.1) is 0 Å². The van der Waals surface area contributed by atoms with E-state index in [1.165, 1.54) is 148 Å². The lowest BCUT2D eigenvalue weighted by Crippen LogP contribution is -2.47. The summed E-state index contributed by atoms with van der Waals surface area (Å²) in [5, 5.41) is 3.05. The summed E-state index contributed by atoms with van der Waals surface area (Å²) in [4.78, 5) is 37.8. The zero-order valence-corrected chi connectivity index (χ0v) is 52.1. The maximum atomic E-state index is 13.6. The lowest BCUT2D eigenvalue weighted by Gasteiger charge is -2.27. The smallest absolute Gasteiger partial charge is 0.456 e. The second-order valence-electron chi connectivity index (χ2n) is 22.9. The SMILES string of the molecule is CCCCC/C=C\C/C=C\C/C=C\C/C=C\CCCCCCCC(=O)NC(COP(=O)(O)OCC[N+](C)(C)C)C(/C=C\CCCCCCCCCCCCC)OC(=O)CCCCCCCCC/C=C/CCCCCCCC. The summed E-state index contributed by atoms with van der Waals surface area (Å²) >= 11 is 0. The fourth-order valence-electron chi connectivity index (χ4n) is 9.10. The van der Waals surface area contributed by atoms with Gasteiger partial charge in [-0.2, -0.15) is 0 Å². The molecule has 3 unspecified atom stereocenters. The third-order valence-corrected chi connectivity index (χ3v) is 15.1. The summed E-state index contributed by atoms with van der Waals surface area (Å²) in [6.07, 6.45) is 73.2. The van der Waals surface area contributed by atoms with Crippen molar-refractivity contribution in [2.45, 2.75) is 303 Å². The van der Waals surface area contributed by atoms with Crippen LogP contribution in [0.15, 0.2) is 72.9 Å². The number of hydrogen-bond donors (Lipinski definition) is 2. The van der Waals surface area contributed by atoms with Crippen molar-refractivity contribution in [1.29, 1.82) is 0 Å². The number of ether oxygens (including phenoxy) is 1. The van der Waals surface area contributed by atoms with Crippen molar-refractivity contribution >= 4 is 19.7 Å². The minimum absolute atomic E-state index is 0.0336. The van der Waals surface area contributed by atoms with Crippen LogP contribution in [0.1, 0.15) is 290 Å². The average Bonchev–Trinajstić information content (AvgIpc) is 3.39. The summed E-state index contributed by atoms with van der Waals surface area (Å²) < 4.78 is 30.7. The van der Waals surface area contributed by atoms with Gasteiger partial charge in [0.1, 0.15) is 19.3 Å². The van der Waals surface area contributed by atoms with E-state index in [-0.39, 0.29) is 31.5 Å². The normalized spacial score (nSPS) is 14.1. The molecular weight excluding hydrogens is 976 g/mol. The predicted molar refractivity (Wildman–Crippen MR) is 332 cm³/mol. The molecule has 10 heteroatoms. The molecule has 9 nitrogen and oxygen atoms in total. The molecule has 0 heterocycles. The van der Waals surface area contributed by atoms with E-state index < -0.39 is 20.0 Å². The van der Waals surface area contributed by atoms with Gasteiger partial charge in [-0.25, -0.2) is 4.57 Å². The summed E-state index contributed by atoms with van der Waals surface area (Å²) in [5.74, 6) is -0.527. The highest BCUT2D eigenvalue weighted by Gasteiger charge is 2.30.